The van der Waals surface area contributed by atoms with Gasteiger partial charge in [-0.15, -0.1) is 0 Å². The van der Waals surface area contributed by atoms with Crippen LogP contribution in [0.4, 0.5) is 5.69 Å². The average molecular weight is 380 g/mol. The van der Waals surface area contributed by atoms with E-state index in [2.05, 4.69) is 25.9 Å². The third kappa shape index (κ3) is 2.98. The molecule has 0 aliphatic heterocycles. The van der Waals surface area contributed by atoms with Crippen molar-refractivity contribution in [3.05, 3.63) is 39.8 Å². The van der Waals surface area contributed by atoms with Gasteiger partial charge in [0.25, 0.3) is 0 Å². The first-order valence-electron chi connectivity index (χ1n) is 5.51. The lowest BCUT2D eigenvalue weighted by atomic mass is 10.3. The molecule has 2 aromatic rings. The zero-order chi connectivity index (χ0) is 14.9. The highest BCUT2D eigenvalue weighted by Crippen LogP contribution is 2.33. The Morgan fingerprint density at radius 2 is 2.20 bits per heavy atom. The van der Waals surface area contributed by atoms with E-state index < -0.39 is 10.0 Å². The van der Waals surface area contributed by atoms with Crippen LogP contribution in [0.3, 0.4) is 0 Å². The second-order valence-corrected chi connectivity index (χ2v) is 7.35. The highest BCUT2D eigenvalue weighted by molar-refractivity contribution is 9.10. The average Bonchev–Trinajstić information content (AvgIpc) is 2.86. The number of sulfonamides is 1. The molecular formula is C11H12BrClN4O2S. The Morgan fingerprint density at radius 3 is 2.80 bits per heavy atom. The van der Waals surface area contributed by atoms with Gasteiger partial charge in [-0.2, -0.15) is 4.31 Å². The number of hydrogen-bond donors (Lipinski definition) is 2. The van der Waals surface area contributed by atoms with Crippen LogP contribution < -0.4 is 5.73 Å². The summed E-state index contributed by atoms with van der Waals surface area (Å²) >= 11 is 9.06. The van der Waals surface area contributed by atoms with Crippen LogP contribution in [0.25, 0.3) is 0 Å². The first-order chi connectivity index (χ1) is 9.32. The number of aromatic amines is 1. The Hall–Kier alpha value is -1.09. The molecule has 0 saturated carbocycles. The molecule has 2 rings (SSSR count). The van der Waals surface area contributed by atoms with Crippen LogP contribution in [0.1, 0.15) is 5.82 Å². The van der Waals surface area contributed by atoms with E-state index in [-0.39, 0.29) is 22.2 Å². The van der Waals surface area contributed by atoms with Crippen LogP contribution in [-0.2, 0) is 16.6 Å². The van der Waals surface area contributed by atoms with Gasteiger partial charge < -0.3 is 10.7 Å². The molecule has 9 heteroatoms. The van der Waals surface area contributed by atoms with Crippen molar-refractivity contribution in [1.82, 2.24) is 14.3 Å². The molecular weight excluding hydrogens is 368 g/mol. The van der Waals surface area contributed by atoms with E-state index in [1.54, 1.807) is 12.4 Å². The Labute approximate surface area is 130 Å². The minimum atomic E-state index is -3.73. The number of nitrogen functional groups attached to an aromatic ring is 1. The SMILES string of the molecule is CN(Cc1ncc[nH]1)S(=O)(=O)c1cc(Cl)cc(N)c1Br. The van der Waals surface area contributed by atoms with E-state index in [9.17, 15) is 8.42 Å². The monoisotopic (exact) mass is 378 g/mol. The van der Waals surface area contributed by atoms with Crippen LogP contribution in [0.2, 0.25) is 5.02 Å². The normalized spacial score (nSPS) is 12.0. The predicted octanol–water partition coefficient (Wildman–Crippen LogP) is 2.23. The molecule has 20 heavy (non-hydrogen) atoms. The Balaban J connectivity index is 2.40. The van der Waals surface area contributed by atoms with Gasteiger partial charge in [0.05, 0.1) is 15.9 Å². The number of H-pyrrole nitrogens is 1. The third-order valence-corrected chi connectivity index (χ3v) is 5.84. The number of nitrogens with two attached hydrogens (primary N) is 1. The smallest absolute Gasteiger partial charge is 0.244 e. The summed E-state index contributed by atoms with van der Waals surface area (Å²) in [7, 11) is -2.27. The van der Waals surface area contributed by atoms with Crippen LogP contribution in [-0.4, -0.2) is 29.7 Å². The molecule has 0 aliphatic carbocycles. The first kappa shape index (κ1) is 15.3. The number of hydrogen-bond acceptors (Lipinski definition) is 4. The highest BCUT2D eigenvalue weighted by atomic mass is 79.9. The molecule has 0 unspecified atom stereocenters. The summed E-state index contributed by atoms with van der Waals surface area (Å²) in [5.74, 6) is 0.544. The van der Waals surface area contributed by atoms with Crippen molar-refractivity contribution in [3.63, 3.8) is 0 Å². The van der Waals surface area contributed by atoms with Gasteiger partial charge in [-0.25, -0.2) is 13.4 Å². The summed E-state index contributed by atoms with van der Waals surface area (Å²) in [5.41, 5.74) is 5.99. The van der Waals surface area contributed by atoms with E-state index >= 15 is 0 Å². The summed E-state index contributed by atoms with van der Waals surface area (Å²) in [5, 5.41) is 0.260. The number of rotatable bonds is 4. The maximum absolute atomic E-state index is 12.5. The molecule has 1 heterocycles. The van der Waals surface area contributed by atoms with E-state index in [0.717, 1.165) is 0 Å². The topological polar surface area (TPSA) is 92.1 Å². The van der Waals surface area contributed by atoms with E-state index in [1.165, 1.54) is 23.5 Å². The molecule has 1 aromatic heterocycles. The first-order valence-corrected chi connectivity index (χ1v) is 8.12. The molecule has 0 spiro atoms. The Morgan fingerprint density at radius 1 is 1.50 bits per heavy atom. The largest absolute Gasteiger partial charge is 0.398 e. The van der Waals surface area contributed by atoms with E-state index in [1.807, 2.05) is 0 Å². The molecule has 108 valence electrons. The van der Waals surface area contributed by atoms with Crippen molar-refractivity contribution < 1.29 is 8.42 Å². The van der Waals surface area contributed by atoms with Gasteiger partial charge in [-0.3, -0.25) is 0 Å². The zero-order valence-corrected chi connectivity index (χ0v) is 13.6. The molecule has 0 amide bonds. The van der Waals surface area contributed by atoms with Crippen molar-refractivity contribution in [2.45, 2.75) is 11.4 Å². The number of aromatic nitrogens is 2. The fraction of sp³-hybridized carbons (Fsp3) is 0.182. The third-order valence-electron chi connectivity index (χ3n) is 2.65. The van der Waals surface area contributed by atoms with Gasteiger partial charge in [-0.1, -0.05) is 11.6 Å². The lowest BCUT2D eigenvalue weighted by Gasteiger charge is -2.18. The van der Waals surface area contributed by atoms with Crippen LogP contribution >= 0.6 is 27.5 Å². The van der Waals surface area contributed by atoms with E-state index in [4.69, 9.17) is 17.3 Å². The minimum Gasteiger partial charge on any atom is -0.398 e. The maximum atomic E-state index is 12.5. The number of benzene rings is 1. The summed E-state index contributed by atoms with van der Waals surface area (Å²) in [6.07, 6.45) is 3.19. The fourth-order valence-corrected chi connectivity index (χ4v) is 4.00. The summed E-state index contributed by atoms with van der Waals surface area (Å²) in [6, 6.07) is 2.84. The number of nitrogens with one attached hydrogen (secondary N) is 1. The summed E-state index contributed by atoms with van der Waals surface area (Å²) < 4.78 is 26.5. The Bertz CT molecular complexity index is 718. The summed E-state index contributed by atoms with van der Waals surface area (Å²) in [4.78, 5) is 6.87. The molecule has 1 aromatic carbocycles. The molecule has 6 nitrogen and oxygen atoms in total. The number of halogens is 2. The van der Waals surface area contributed by atoms with Crippen LogP contribution in [0.15, 0.2) is 33.9 Å². The van der Waals surface area contributed by atoms with Gasteiger partial charge in [0.2, 0.25) is 10.0 Å². The summed E-state index contributed by atoms with van der Waals surface area (Å²) in [6.45, 7) is 0.119. The molecule has 3 N–H and O–H groups in total. The van der Waals surface area contributed by atoms with Gasteiger partial charge in [0.15, 0.2) is 0 Å². The van der Waals surface area contributed by atoms with Crippen molar-refractivity contribution in [3.8, 4) is 0 Å². The molecule has 0 bridgehead atoms. The zero-order valence-electron chi connectivity index (χ0n) is 10.5. The van der Waals surface area contributed by atoms with Gasteiger partial charge >= 0.3 is 0 Å². The molecule has 0 saturated heterocycles. The molecule has 0 aliphatic rings. The molecule has 0 atom stereocenters. The van der Waals surface area contributed by atoms with Crippen molar-refractivity contribution in [2.24, 2.45) is 0 Å². The lowest BCUT2D eigenvalue weighted by Crippen LogP contribution is -2.27. The van der Waals surface area contributed by atoms with Crippen molar-refractivity contribution in [1.29, 1.82) is 0 Å². The van der Waals surface area contributed by atoms with Crippen LogP contribution in [0, 0.1) is 0 Å². The molecule has 0 radical (unpaired) electrons. The number of nitrogens with zero attached hydrogens (tertiary/aromatic N) is 2. The maximum Gasteiger partial charge on any atom is 0.244 e. The minimum absolute atomic E-state index is 0.0246. The second kappa shape index (κ2) is 5.72. The van der Waals surface area contributed by atoms with E-state index in [0.29, 0.717) is 10.3 Å². The highest BCUT2D eigenvalue weighted by Gasteiger charge is 2.25. The fourth-order valence-electron chi connectivity index (χ4n) is 1.62. The van der Waals surface area contributed by atoms with Gasteiger partial charge in [0.1, 0.15) is 5.82 Å². The standard InChI is InChI=1S/C11H12BrClN4O2S/c1-17(6-10-15-2-3-16-10)20(18,19)9-5-7(13)4-8(14)11(9)12/h2-5H,6,14H2,1H3,(H,15,16). The Kier molecular flexibility index (Phi) is 4.38. The number of anilines is 1. The van der Waals surface area contributed by atoms with Crippen molar-refractivity contribution >= 4 is 43.2 Å². The van der Waals surface area contributed by atoms with Gasteiger partial charge in [-0.05, 0) is 28.1 Å². The lowest BCUT2D eigenvalue weighted by molar-refractivity contribution is 0.458. The quantitative estimate of drug-likeness (QED) is 0.797. The van der Waals surface area contributed by atoms with Gasteiger partial charge in [0, 0.05) is 30.2 Å². The van der Waals surface area contributed by atoms with Crippen LogP contribution in [0.5, 0.6) is 0 Å². The predicted molar refractivity (Wildman–Crippen MR) is 80.8 cm³/mol. The van der Waals surface area contributed by atoms with Crippen molar-refractivity contribution in [2.75, 3.05) is 12.8 Å². The molecule has 0 fully saturated rings. The second-order valence-electron chi connectivity index (χ2n) is 4.10. The number of imidazole rings is 1.